The van der Waals surface area contributed by atoms with Crippen molar-refractivity contribution >= 4 is 0 Å². The molecule has 0 aliphatic rings. The molecule has 0 N–H and O–H groups in total. The quantitative estimate of drug-likeness (QED) is 0.342. The normalized spacial score (nSPS) is 9.83. The summed E-state index contributed by atoms with van der Waals surface area (Å²) in [5.74, 6) is 0. The fourth-order valence-corrected chi connectivity index (χ4v) is 0.583. The van der Waals surface area contributed by atoms with E-state index in [1.165, 1.54) is 0 Å². The Bertz CT molecular complexity index is 146. The molecule has 0 aromatic heterocycles. The summed E-state index contributed by atoms with van der Waals surface area (Å²) in [5, 5.41) is 11.2. The topological polar surface area (TPSA) is 31.2 Å². The van der Waals surface area contributed by atoms with Crippen molar-refractivity contribution in [2.75, 3.05) is 27.2 Å². The van der Waals surface area contributed by atoms with Crippen molar-refractivity contribution in [3.63, 3.8) is 0 Å². The molecule has 4 nitrogen and oxygen atoms in total. The molecule has 0 saturated heterocycles. The maximum Gasteiger partial charge on any atom is 0.0552 e. The maximum atomic E-state index is 3.90. The first kappa shape index (κ1) is 10.7. The molecule has 0 atom stereocenters. The van der Waals surface area contributed by atoms with Gasteiger partial charge in [0.25, 0.3) is 0 Å². The van der Waals surface area contributed by atoms with Gasteiger partial charge in [0.05, 0.1) is 13.1 Å². The molecule has 0 unspecified atom stereocenters. The number of nitrogens with zero attached hydrogens (tertiary/aromatic N) is 4. The van der Waals surface area contributed by atoms with Gasteiger partial charge in [0.2, 0.25) is 0 Å². The van der Waals surface area contributed by atoms with Crippen LogP contribution in [-0.2, 0) is 0 Å². The van der Waals surface area contributed by atoms with Crippen LogP contribution in [0.2, 0.25) is 0 Å². The van der Waals surface area contributed by atoms with E-state index in [1.54, 1.807) is 22.2 Å². The van der Waals surface area contributed by atoms with Crippen molar-refractivity contribution in [2.24, 2.45) is 10.4 Å². The van der Waals surface area contributed by atoms with Gasteiger partial charge in [-0.1, -0.05) is 22.6 Å². The van der Waals surface area contributed by atoms with Crippen molar-refractivity contribution in [2.45, 2.75) is 0 Å². The molecule has 0 bridgehead atoms. The van der Waals surface area contributed by atoms with E-state index in [4.69, 9.17) is 0 Å². The Morgan fingerprint density at radius 1 is 1.00 bits per heavy atom. The van der Waals surface area contributed by atoms with Crippen molar-refractivity contribution < 1.29 is 0 Å². The molecule has 0 fully saturated rings. The Balaban J connectivity index is 3.70. The van der Waals surface area contributed by atoms with Gasteiger partial charge in [-0.15, -0.1) is 13.2 Å². The predicted octanol–water partition coefficient (Wildman–Crippen LogP) is 1.50. The van der Waals surface area contributed by atoms with Crippen LogP contribution in [0.25, 0.3) is 0 Å². The van der Waals surface area contributed by atoms with E-state index >= 15 is 0 Å². The van der Waals surface area contributed by atoms with Crippen LogP contribution in [0.3, 0.4) is 0 Å². The van der Waals surface area contributed by atoms with E-state index in [2.05, 4.69) is 23.6 Å². The molecule has 0 spiro atoms. The lowest BCUT2D eigenvalue weighted by Crippen LogP contribution is -2.14. The minimum Gasteiger partial charge on any atom is -0.276 e. The minimum absolute atomic E-state index is 0.700. The third kappa shape index (κ3) is 5.46. The second kappa shape index (κ2) is 6.39. The maximum absolute atomic E-state index is 3.90. The summed E-state index contributed by atoms with van der Waals surface area (Å²) in [5.41, 5.74) is 0. The third-order valence-electron chi connectivity index (χ3n) is 1.13. The van der Waals surface area contributed by atoms with Crippen molar-refractivity contribution in [1.29, 1.82) is 0 Å². The predicted molar refractivity (Wildman–Crippen MR) is 50.5 cm³/mol. The molecule has 0 amide bonds. The summed E-state index contributed by atoms with van der Waals surface area (Å²) in [6.07, 6.45) is 3.54. The molecule has 0 aromatic carbocycles. The molecule has 12 heavy (non-hydrogen) atoms. The van der Waals surface area contributed by atoms with Gasteiger partial charge in [-0.05, 0) is 0 Å². The molecule has 0 aliphatic heterocycles. The van der Waals surface area contributed by atoms with Gasteiger partial charge in [-0.2, -0.15) is 0 Å². The molecule has 4 heteroatoms. The molecule has 0 saturated carbocycles. The Kier molecular flexibility index (Phi) is 5.69. The zero-order valence-corrected chi connectivity index (χ0v) is 7.77. The molecule has 0 radical (unpaired) electrons. The van der Waals surface area contributed by atoms with Crippen LogP contribution in [0.5, 0.6) is 0 Å². The van der Waals surface area contributed by atoms with Gasteiger partial charge < -0.3 is 0 Å². The number of rotatable bonds is 6. The average Bonchev–Trinajstić information content (AvgIpc) is 2.02. The lowest BCUT2D eigenvalue weighted by molar-refractivity contribution is 0.278. The average molecular weight is 168 g/mol. The van der Waals surface area contributed by atoms with Crippen molar-refractivity contribution in [1.82, 2.24) is 10.0 Å². The minimum atomic E-state index is 0.700. The zero-order chi connectivity index (χ0) is 9.40. The van der Waals surface area contributed by atoms with E-state index in [0.29, 0.717) is 13.1 Å². The van der Waals surface area contributed by atoms with Crippen molar-refractivity contribution in [3.8, 4) is 0 Å². The lowest BCUT2D eigenvalue weighted by atomic mass is 10.6. The van der Waals surface area contributed by atoms with Crippen LogP contribution in [0.4, 0.5) is 0 Å². The summed E-state index contributed by atoms with van der Waals surface area (Å²) in [6.45, 7) is 8.58. The summed E-state index contributed by atoms with van der Waals surface area (Å²) in [4.78, 5) is 0. The highest BCUT2D eigenvalue weighted by atomic mass is 15.7. The lowest BCUT2D eigenvalue weighted by Gasteiger charge is -2.11. The Hall–Kier alpha value is -1.32. The van der Waals surface area contributed by atoms with Crippen LogP contribution in [0.15, 0.2) is 35.8 Å². The third-order valence-corrected chi connectivity index (χ3v) is 1.13. The first-order valence-electron chi connectivity index (χ1n) is 3.76. The second-order valence-corrected chi connectivity index (χ2v) is 2.44. The Labute approximate surface area is 73.8 Å². The number of hydrogen-bond donors (Lipinski definition) is 0. The van der Waals surface area contributed by atoms with Crippen LogP contribution in [-0.4, -0.2) is 37.2 Å². The standard InChI is InChI=1S/C8H16N4/c1-5-7-11(3)9-10-12(4)8-6-2/h5-6H,1-2,7-8H2,3-4H3/b10-9+. The fraction of sp³-hybridized carbons (Fsp3) is 0.500. The van der Waals surface area contributed by atoms with Crippen LogP contribution in [0, 0.1) is 0 Å². The highest BCUT2D eigenvalue weighted by Gasteiger charge is 1.89. The zero-order valence-electron chi connectivity index (χ0n) is 7.77. The second-order valence-electron chi connectivity index (χ2n) is 2.44. The smallest absolute Gasteiger partial charge is 0.0552 e. The number of hydrogen-bond acceptors (Lipinski definition) is 2. The van der Waals surface area contributed by atoms with Crippen LogP contribution >= 0.6 is 0 Å². The highest BCUT2D eigenvalue weighted by molar-refractivity contribution is 4.69. The molecule has 0 aliphatic carbocycles. The summed E-state index contributed by atoms with van der Waals surface area (Å²) >= 11 is 0. The fourth-order valence-electron chi connectivity index (χ4n) is 0.583. The summed E-state index contributed by atoms with van der Waals surface area (Å²) in [7, 11) is 3.68. The largest absolute Gasteiger partial charge is 0.276 e. The molecule has 0 aromatic rings. The van der Waals surface area contributed by atoms with Gasteiger partial charge in [0, 0.05) is 14.1 Å². The SMILES string of the molecule is C=CCN(C)/N=N/N(C)CC=C. The molecular formula is C8H16N4. The van der Waals surface area contributed by atoms with E-state index in [1.807, 2.05) is 14.1 Å². The van der Waals surface area contributed by atoms with Gasteiger partial charge >= 0.3 is 0 Å². The molecule has 68 valence electrons. The van der Waals surface area contributed by atoms with E-state index in [9.17, 15) is 0 Å². The van der Waals surface area contributed by atoms with Crippen LogP contribution in [0.1, 0.15) is 0 Å². The first-order valence-corrected chi connectivity index (χ1v) is 3.76. The summed E-state index contributed by atoms with van der Waals surface area (Å²) in [6, 6.07) is 0. The van der Waals surface area contributed by atoms with Gasteiger partial charge in [0.1, 0.15) is 0 Å². The van der Waals surface area contributed by atoms with E-state index in [0.717, 1.165) is 0 Å². The van der Waals surface area contributed by atoms with Gasteiger partial charge in [0.15, 0.2) is 0 Å². The first-order chi connectivity index (χ1) is 5.70. The molecular weight excluding hydrogens is 152 g/mol. The van der Waals surface area contributed by atoms with Crippen LogP contribution < -0.4 is 0 Å². The molecule has 0 rings (SSSR count). The van der Waals surface area contributed by atoms with Gasteiger partial charge in [-0.25, -0.2) is 0 Å². The Morgan fingerprint density at radius 3 is 1.58 bits per heavy atom. The highest BCUT2D eigenvalue weighted by Crippen LogP contribution is 1.89. The van der Waals surface area contributed by atoms with Crippen molar-refractivity contribution in [3.05, 3.63) is 25.3 Å². The van der Waals surface area contributed by atoms with E-state index < -0.39 is 0 Å². The van der Waals surface area contributed by atoms with E-state index in [-0.39, 0.29) is 0 Å². The number of likely N-dealkylation sites (N-methyl/N-ethyl adjacent to an activating group) is 2. The monoisotopic (exact) mass is 168 g/mol. The van der Waals surface area contributed by atoms with Gasteiger partial charge in [-0.3, -0.25) is 10.0 Å². The summed E-state index contributed by atoms with van der Waals surface area (Å²) < 4.78 is 0. The molecule has 0 heterocycles. The Morgan fingerprint density at radius 2 is 1.33 bits per heavy atom.